The van der Waals surface area contributed by atoms with Crippen molar-refractivity contribution in [3.05, 3.63) is 14.4 Å². The van der Waals surface area contributed by atoms with Crippen LogP contribution >= 0.6 is 38.5 Å². The molecular weight excluding hydrogens is 401 g/mol. The molecule has 0 spiro atoms. The van der Waals surface area contributed by atoms with E-state index in [4.69, 9.17) is 9.47 Å². The standard InChI is InChI=1S/C11H9BrINO3/c12-11-10-6(3-8(13)14-11)17-7(4-16-10)9(15)5-1-2-5/h3,5,7H,1-2,4H2. The molecule has 2 aliphatic rings. The first-order chi connectivity index (χ1) is 8.15. The van der Waals surface area contributed by atoms with Crippen LogP contribution in [0, 0.1) is 9.62 Å². The lowest BCUT2D eigenvalue weighted by molar-refractivity contribution is -0.129. The average molecular weight is 410 g/mol. The minimum Gasteiger partial charge on any atom is -0.483 e. The van der Waals surface area contributed by atoms with Crippen molar-refractivity contribution in [2.75, 3.05) is 6.61 Å². The van der Waals surface area contributed by atoms with Crippen LogP contribution in [0.4, 0.5) is 0 Å². The number of halogens is 2. The Bertz CT molecular complexity index is 490. The molecule has 1 aromatic heterocycles. The number of hydrogen-bond donors (Lipinski definition) is 0. The third-order valence-electron chi connectivity index (χ3n) is 2.81. The molecule has 1 aromatic rings. The van der Waals surface area contributed by atoms with Gasteiger partial charge < -0.3 is 9.47 Å². The van der Waals surface area contributed by atoms with Crippen LogP contribution in [-0.2, 0) is 4.79 Å². The summed E-state index contributed by atoms with van der Waals surface area (Å²) < 4.78 is 12.7. The van der Waals surface area contributed by atoms with Gasteiger partial charge in [0, 0.05) is 12.0 Å². The topological polar surface area (TPSA) is 48.4 Å². The number of ketones is 1. The van der Waals surface area contributed by atoms with E-state index < -0.39 is 6.10 Å². The predicted molar refractivity (Wildman–Crippen MR) is 72.3 cm³/mol. The highest BCUT2D eigenvalue weighted by atomic mass is 127. The highest BCUT2D eigenvalue weighted by Crippen LogP contribution is 2.40. The number of fused-ring (bicyclic) bond motifs is 1. The molecule has 0 N–H and O–H groups in total. The molecule has 1 aliphatic carbocycles. The van der Waals surface area contributed by atoms with E-state index in [0.717, 1.165) is 16.5 Å². The van der Waals surface area contributed by atoms with Crippen LogP contribution in [0.25, 0.3) is 0 Å². The average Bonchev–Trinajstić information content (AvgIpc) is 3.10. The molecule has 1 unspecified atom stereocenters. The molecule has 0 bridgehead atoms. The van der Waals surface area contributed by atoms with Crippen molar-refractivity contribution in [2.45, 2.75) is 18.9 Å². The zero-order chi connectivity index (χ0) is 12.0. The summed E-state index contributed by atoms with van der Waals surface area (Å²) in [4.78, 5) is 16.1. The molecular formula is C11H9BrINO3. The van der Waals surface area contributed by atoms with Crippen LogP contribution in [0.15, 0.2) is 10.7 Å². The second-order valence-electron chi connectivity index (χ2n) is 4.16. The van der Waals surface area contributed by atoms with Gasteiger partial charge in [-0.25, -0.2) is 4.98 Å². The second kappa shape index (κ2) is 4.38. The highest BCUT2D eigenvalue weighted by molar-refractivity contribution is 14.1. The number of Topliss-reactive ketones (excluding diaryl/α,β-unsaturated/α-hetero) is 1. The van der Waals surface area contributed by atoms with Crippen molar-refractivity contribution in [1.29, 1.82) is 0 Å². The Morgan fingerprint density at radius 1 is 1.53 bits per heavy atom. The fraction of sp³-hybridized carbons (Fsp3) is 0.455. The minimum absolute atomic E-state index is 0.165. The molecule has 4 nitrogen and oxygen atoms in total. The molecule has 2 heterocycles. The number of aromatic nitrogens is 1. The predicted octanol–water partition coefficient (Wildman–Crippen LogP) is 2.57. The monoisotopic (exact) mass is 409 g/mol. The van der Waals surface area contributed by atoms with Crippen molar-refractivity contribution in [2.24, 2.45) is 5.92 Å². The van der Waals surface area contributed by atoms with Gasteiger partial charge in [-0.1, -0.05) is 0 Å². The SMILES string of the molecule is O=C(C1CC1)C1COc2c(cc(I)nc2Br)O1. The number of rotatable bonds is 2. The van der Waals surface area contributed by atoms with Gasteiger partial charge in [0.2, 0.25) is 0 Å². The van der Waals surface area contributed by atoms with Crippen molar-refractivity contribution < 1.29 is 14.3 Å². The first-order valence-electron chi connectivity index (χ1n) is 5.34. The van der Waals surface area contributed by atoms with E-state index in [0.29, 0.717) is 16.1 Å². The first kappa shape index (κ1) is 11.7. The number of ether oxygens (including phenoxy) is 2. The highest BCUT2D eigenvalue weighted by Gasteiger charge is 2.38. The maximum atomic E-state index is 11.9. The second-order valence-corrected chi connectivity index (χ2v) is 6.01. The van der Waals surface area contributed by atoms with Gasteiger partial charge in [-0.05, 0) is 51.4 Å². The lowest BCUT2D eigenvalue weighted by Gasteiger charge is -2.26. The number of pyridine rings is 1. The Kier molecular flexibility index (Phi) is 3.02. The number of nitrogens with zero attached hydrogens (tertiary/aromatic N) is 1. The zero-order valence-electron chi connectivity index (χ0n) is 8.78. The number of carbonyl (C=O) groups is 1. The summed E-state index contributed by atoms with van der Waals surface area (Å²) in [5, 5.41) is 0. The molecule has 0 amide bonds. The Morgan fingerprint density at radius 3 is 3.00 bits per heavy atom. The smallest absolute Gasteiger partial charge is 0.194 e. The maximum Gasteiger partial charge on any atom is 0.194 e. The quantitative estimate of drug-likeness (QED) is 0.556. The summed E-state index contributed by atoms with van der Waals surface area (Å²) in [5.74, 6) is 1.54. The zero-order valence-corrected chi connectivity index (χ0v) is 12.5. The first-order valence-corrected chi connectivity index (χ1v) is 7.21. The minimum atomic E-state index is -0.458. The summed E-state index contributed by atoms with van der Waals surface area (Å²) in [6.07, 6.45) is 1.52. The molecule has 1 fully saturated rings. The van der Waals surface area contributed by atoms with E-state index in [1.807, 2.05) is 0 Å². The Labute approximate surface area is 120 Å². The molecule has 1 saturated carbocycles. The van der Waals surface area contributed by atoms with Crippen LogP contribution < -0.4 is 9.47 Å². The van der Waals surface area contributed by atoms with Gasteiger partial charge in [0.15, 0.2) is 28.0 Å². The summed E-state index contributed by atoms with van der Waals surface area (Å²) in [5.41, 5.74) is 0. The van der Waals surface area contributed by atoms with Gasteiger partial charge in [0.05, 0.1) is 0 Å². The van der Waals surface area contributed by atoms with E-state index in [1.165, 1.54) is 0 Å². The van der Waals surface area contributed by atoms with Gasteiger partial charge in [-0.15, -0.1) is 0 Å². The molecule has 3 rings (SSSR count). The van der Waals surface area contributed by atoms with Crippen LogP contribution in [0.5, 0.6) is 11.5 Å². The molecule has 90 valence electrons. The van der Waals surface area contributed by atoms with Crippen molar-refractivity contribution in [3.8, 4) is 11.5 Å². The van der Waals surface area contributed by atoms with E-state index in [9.17, 15) is 4.79 Å². The summed E-state index contributed by atoms with van der Waals surface area (Å²) in [6.45, 7) is 0.281. The summed E-state index contributed by atoms with van der Waals surface area (Å²) in [7, 11) is 0. The van der Waals surface area contributed by atoms with E-state index >= 15 is 0 Å². The number of carbonyl (C=O) groups excluding carboxylic acids is 1. The van der Waals surface area contributed by atoms with E-state index in [-0.39, 0.29) is 18.3 Å². The lowest BCUT2D eigenvalue weighted by atomic mass is 10.1. The van der Waals surface area contributed by atoms with Crippen molar-refractivity contribution in [1.82, 2.24) is 4.98 Å². The van der Waals surface area contributed by atoms with Crippen LogP contribution in [0.2, 0.25) is 0 Å². The van der Waals surface area contributed by atoms with Crippen molar-refractivity contribution >= 4 is 44.3 Å². The molecule has 1 atom stereocenters. The Balaban J connectivity index is 1.86. The lowest BCUT2D eigenvalue weighted by Crippen LogP contribution is -2.37. The van der Waals surface area contributed by atoms with Crippen LogP contribution in [0.1, 0.15) is 12.8 Å². The molecule has 17 heavy (non-hydrogen) atoms. The Morgan fingerprint density at radius 2 is 2.29 bits per heavy atom. The van der Waals surface area contributed by atoms with Gasteiger partial charge in [-0.2, -0.15) is 0 Å². The van der Waals surface area contributed by atoms with Crippen molar-refractivity contribution in [3.63, 3.8) is 0 Å². The fourth-order valence-electron chi connectivity index (χ4n) is 1.79. The van der Waals surface area contributed by atoms with Gasteiger partial charge >= 0.3 is 0 Å². The third kappa shape index (κ3) is 2.29. The fourth-order valence-corrected chi connectivity index (χ4v) is 3.14. The van der Waals surface area contributed by atoms with Gasteiger partial charge in [-0.3, -0.25) is 4.79 Å². The van der Waals surface area contributed by atoms with Gasteiger partial charge in [0.1, 0.15) is 10.3 Å². The summed E-state index contributed by atoms with van der Waals surface area (Å²) in [6, 6.07) is 1.78. The molecule has 0 saturated heterocycles. The Hall–Kier alpha value is -0.370. The maximum absolute atomic E-state index is 11.9. The molecule has 0 radical (unpaired) electrons. The largest absolute Gasteiger partial charge is 0.483 e. The normalized spacial score (nSPS) is 22.4. The summed E-state index contributed by atoms with van der Waals surface area (Å²) >= 11 is 5.43. The molecule has 0 aromatic carbocycles. The van der Waals surface area contributed by atoms with Crippen LogP contribution in [-0.4, -0.2) is 23.5 Å². The molecule has 6 heteroatoms. The third-order valence-corrected chi connectivity index (χ3v) is 3.90. The molecule has 1 aliphatic heterocycles. The van der Waals surface area contributed by atoms with Gasteiger partial charge in [0.25, 0.3) is 0 Å². The van der Waals surface area contributed by atoms with E-state index in [2.05, 4.69) is 43.5 Å². The number of hydrogen-bond acceptors (Lipinski definition) is 4. The van der Waals surface area contributed by atoms with E-state index in [1.54, 1.807) is 6.07 Å². The van der Waals surface area contributed by atoms with Crippen LogP contribution in [0.3, 0.4) is 0 Å².